The van der Waals surface area contributed by atoms with Crippen LogP contribution in [-0.4, -0.2) is 32.4 Å². The SMILES string of the molecule is C=Cn1cc[n+](CCCCCCCCCCCCCCCC)c1.O=S(=O)([N-]S(=O)(=O)C(F)(F)F)C(F)(F)F. The highest BCUT2D eigenvalue weighted by molar-refractivity contribution is 8.13. The number of unbranched alkanes of at least 4 members (excludes halogenated alkanes) is 13. The van der Waals surface area contributed by atoms with Gasteiger partial charge in [0.1, 0.15) is 12.4 Å². The number of alkyl halides is 6. The first-order valence-electron chi connectivity index (χ1n) is 12.6. The Morgan fingerprint density at radius 2 is 1.11 bits per heavy atom. The van der Waals surface area contributed by atoms with Crippen molar-refractivity contribution >= 4 is 26.2 Å². The standard InChI is InChI=1S/C21H39N2.C2F6NO4S2/c1-3-5-6-7-8-9-10-11-12-13-14-15-16-17-18-23-20-19-22(4-2)21-23;3-1(4,5)14(10,11)9-15(12,13)2(6,7)8/h4,19-21H,2-3,5-18H2,1H3;/q+1;-1. The molecule has 15 heteroatoms. The van der Waals surface area contributed by atoms with Gasteiger partial charge >= 0.3 is 11.0 Å². The first kappa shape index (κ1) is 36.4. The van der Waals surface area contributed by atoms with E-state index in [2.05, 4.69) is 36.8 Å². The molecular formula is C23H39F6N3O4S2. The Kier molecular flexibility index (Phi) is 17.1. The Morgan fingerprint density at radius 1 is 0.737 bits per heavy atom. The van der Waals surface area contributed by atoms with Crippen molar-refractivity contribution in [3.63, 3.8) is 0 Å². The molecular weight excluding hydrogens is 560 g/mol. The van der Waals surface area contributed by atoms with Crippen molar-refractivity contribution in [2.24, 2.45) is 0 Å². The summed E-state index contributed by atoms with van der Waals surface area (Å²) in [5.41, 5.74) is -12.4. The van der Waals surface area contributed by atoms with Gasteiger partial charge in [-0.05, 0) is 12.8 Å². The Labute approximate surface area is 222 Å². The molecule has 0 bridgehead atoms. The average molecular weight is 600 g/mol. The molecule has 0 aliphatic heterocycles. The molecule has 0 fully saturated rings. The van der Waals surface area contributed by atoms with Crippen molar-refractivity contribution in [1.82, 2.24) is 4.57 Å². The average Bonchev–Trinajstić information content (AvgIpc) is 3.25. The molecule has 1 heterocycles. The van der Waals surface area contributed by atoms with Gasteiger partial charge in [-0.3, -0.25) is 0 Å². The number of imidazole rings is 1. The van der Waals surface area contributed by atoms with Gasteiger partial charge < -0.3 is 4.13 Å². The van der Waals surface area contributed by atoms with E-state index in [0.29, 0.717) is 0 Å². The lowest BCUT2D eigenvalue weighted by molar-refractivity contribution is -0.696. The number of halogens is 6. The molecule has 0 N–H and O–H groups in total. The molecule has 0 aliphatic carbocycles. The van der Waals surface area contributed by atoms with Crippen molar-refractivity contribution in [3.05, 3.63) is 29.4 Å². The largest absolute Gasteiger partial charge is 0.480 e. The first-order chi connectivity index (χ1) is 17.6. The van der Waals surface area contributed by atoms with E-state index < -0.39 is 31.1 Å². The summed E-state index contributed by atoms with van der Waals surface area (Å²) < 4.78 is 113. The topological polar surface area (TPSA) is 91.2 Å². The maximum absolute atomic E-state index is 11.4. The summed E-state index contributed by atoms with van der Waals surface area (Å²) in [7, 11) is -13.4. The Balaban J connectivity index is 0.000000793. The normalized spacial score (nSPS) is 12.7. The molecule has 0 atom stereocenters. The van der Waals surface area contributed by atoms with Crippen molar-refractivity contribution in [2.45, 2.75) is 114 Å². The van der Waals surface area contributed by atoms with Crippen LogP contribution in [0.1, 0.15) is 96.8 Å². The van der Waals surface area contributed by atoms with Gasteiger partial charge in [-0.15, -0.1) is 0 Å². The summed E-state index contributed by atoms with van der Waals surface area (Å²) in [4.78, 5) is 0. The number of sulfonamides is 2. The first-order valence-corrected chi connectivity index (χ1v) is 15.5. The van der Waals surface area contributed by atoms with Crippen LogP contribution in [0.25, 0.3) is 10.3 Å². The fourth-order valence-corrected chi connectivity index (χ4v) is 5.06. The molecule has 0 saturated heterocycles. The quantitative estimate of drug-likeness (QED) is 0.0998. The molecule has 1 aromatic rings. The summed E-state index contributed by atoms with van der Waals surface area (Å²) in [6.45, 7) is 7.19. The predicted octanol–water partition coefficient (Wildman–Crippen LogP) is 7.42. The number of nitrogens with zero attached hydrogens (tertiary/aromatic N) is 3. The lowest BCUT2D eigenvalue weighted by atomic mass is 10.0. The summed E-state index contributed by atoms with van der Waals surface area (Å²) in [5, 5.41) is 0. The van der Waals surface area contributed by atoms with Crippen molar-refractivity contribution in [3.8, 4) is 0 Å². The molecule has 1 rings (SSSR count). The van der Waals surface area contributed by atoms with E-state index >= 15 is 0 Å². The van der Waals surface area contributed by atoms with Gasteiger partial charge in [-0.1, -0.05) is 90.6 Å². The smallest absolute Gasteiger partial charge is 0.421 e. The maximum Gasteiger partial charge on any atom is 0.480 e. The van der Waals surface area contributed by atoms with Crippen LogP contribution in [0.4, 0.5) is 26.3 Å². The van der Waals surface area contributed by atoms with Crippen LogP contribution in [0.3, 0.4) is 0 Å². The molecule has 0 aromatic carbocycles. The van der Waals surface area contributed by atoms with Crippen LogP contribution in [0.15, 0.2) is 25.3 Å². The highest BCUT2D eigenvalue weighted by atomic mass is 32.3. The maximum atomic E-state index is 11.4. The third kappa shape index (κ3) is 15.7. The number of aryl methyl sites for hydroxylation is 1. The molecule has 0 spiro atoms. The number of hydrogen-bond acceptors (Lipinski definition) is 4. The van der Waals surface area contributed by atoms with Gasteiger partial charge in [0.2, 0.25) is 6.33 Å². The zero-order valence-electron chi connectivity index (χ0n) is 21.7. The zero-order valence-corrected chi connectivity index (χ0v) is 23.3. The van der Waals surface area contributed by atoms with E-state index in [1.165, 1.54) is 89.9 Å². The zero-order chi connectivity index (χ0) is 29.3. The Hall–Kier alpha value is -1.61. The molecule has 1 aromatic heterocycles. The fraction of sp³-hybridized carbons (Fsp3) is 0.783. The van der Waals surface area contributed by atoms with Crippen LogP contribution >= 0.6 is 0 Å². The molecule has 0 unspecified atom stereocenters. The number of hydrogen-bond donors (Lipinski definition) is 0. The van der Waals surface area contributed by atoms with Crippen molar-refractivity contribution < 1.29 is 47.7 Å². The van der Waals surface area contributed by atoms with E-state index in [-0.39, 0.29) is 0 Å². The Morgan fingerprint density at radius 3 is 1.42 bits per heavy atom. The van der Waals surface area contributed by atoms with E-state index in [1.807, 2.05) is 10.8 Å². The van der Waals surface area contributed by atoms with Crippen LogP contribution in [-0.2, 0) is 26.6 Å². The fourth-order valence-electron chi connectivity index (χ4n) is 3.35. The highest BCUT2D eigenvalue weighted by Crippen LogP contribution is 2.36. The van der Waals surface area contributed by atoms with E-state index in [4.69, 9.17) is 0 Å². The van der Waals surface area contributed by atoms with Crippen LogP contribution < -0.4 is 4.57 Å². The highest BCUT2D eigenvalue weighted by Gasteiger charge is 2.46. The summed E-state index contributed by atoms with van der Waals surface area (Å²) >= 11 is 0. The monoisotopic (exact) mass is 599 g/mol. The summed E-state index contributed by atoms with van der Waals surface area (Å²) in [5.74, 6) is 0. The molecule has 0 saturated carbocycles. The van der Waals surface area contributed by atoms with Gasteiger partial charge in [0.15, 0.2) is 20.0 Å². The van der Waals surface area contributed by atoms with Crippen LogP contribution in [0, 0.1) is 0 Å². The molecule has 7 nitrogen and oxygen atoms in total. The summed E-state index contributed by atoms with van der Waals surface area (Å²) in [6.07, 6.45) is 28.0. The van der Waals surface area contributed by atoms with E-state index in [0.717, 1.165) is 10.7 Å². The number of aromatic nitrogens is 2. The molecule has 38 heavy (non-hydrogen) atoms. The minimum atomic E-state index is -6.72. The van der Waals surface area contributed by atoms with Crippen LogP contribution in [0.2, 0.25) is 0 Å². The third-order valence-corrected chi connectivity index (χ3v) is 8.21. The van der Waals surface area contributed by atoms with Gasteiger partial charge in [0, 0.05) is 0 Å². The van der Waals surface area contributed by atoms with Crippen LogP contribution in [0.5, 0.6) is 0 Å². The second-order valence-corrected chi connectivity index (χ2v) is 12.2. The van der Waals surface area contributed by atoms with Crippen molar-refractivity contribution in [2.75, 3.05) is 0 Å². The minimum absolute atomic E-state index is 0.778. The van der Waals surface area contributed by atoms with Crippen molar-refractivity contribution in [1.29, 1.82) is 0 Å². The van der Waals surface area contributed by atoms with Gasteiger partial charge in [-0.2, -0.15) is 26.3 Å². The molecule has 0 amide bonds. The second-order valence-electron chi connectivity index (χ2n) is 8.79. The minimum Gasteiger partial charge on any atom is -0.421 e. The van der Waals surface area contributed by atoms with Gasteiger partial charge in [0.25, 0.3) is 0 Å². The number of rotatable bonds is 18. The Bertz CT molecular complexity index is 950. The van der Waals surface area contributed by atoms with Gasteiger partial charge in [0.05, 0.1) is 12.7 Å². The summed E-state index contributed by atoms with van der Waals surface area (Å²) in [6, 6.07) is 0. The lowest BCUT2D eigenvalue weighted by Crippen LogP contribution is -2.30. The third-order valence-electron chi connectivity index (χ3n) is 5.47. The van der Waals surface area contributed by atoms with E-state index in [9.17, 15) is 43.2 Å². The molecule has 0 radical (unpaired) electrons. The van der Waals surface area contributed by atoms with E-state index in [1.54, 1.807) is 0 Å². The second kappa shape index (κ2) is 17.9. The molecule has 224 valence electrons. The predicted molar refractivity (Wildman–Crippen MR) is 135 cm³/mol. The lowest BCUT2D eigenvalue weighted by Gasteiger charge is -2.22. The van der Waals surface area contributed by atoms with Gasteiger partial charge in [-0.25, -0.2) is 26.0 Å². The molecule has 0 aliphatic rings.